The number of nitrogens with zero attached hydrogens (tertiary/aromatic N) is 1. The monoisotopic (exact) mass is 210 g/mol. The van der Waals surface area contributed by atoms with Crippen molar-refractivity contribution in [3.05, 3.63) is 0 Å². The van der Waals surface area contributed by atoms with Gasteiger partial charge in [0.1, 0.15) is 0 Å². The maximum absolute atomic E-state index is 12.3. The third-order valence-electron chi connectivity index (χ3n) is 3.57. The summed E-state index contributed by atoms with van der Waals surface area (Å²) in [4.78, 5) is 14.4. The van der Waals surface area contributed by atoms with E-state index in [-0.39, 0.29) is 5.92 Å². The number of carbonyl (C=O) groups excluding carboxylic acids is 1. The smallest absolute Gasteiger partial charge is 0.227 e. The molecule has 1 N–H and O–H groups in total. The average molecular weight is 210 g/mol. The molecule has 1 saturated carbocycles. The van der Waals surface area contributed by atoms with Crippen molar-refractivity contribution in [2.45, 2.75) is 39.2 Å². The highest BCUT2D eigenvalue weighted by Gasteiger charge is 2.38. The maximum atomic E-state index is 12.3. The lowest BCUT2D eigenvalue weighted by Gasteiger charge is -2.26. The van der Waals surface area contributed by atoms with Gasteiger partial charge in [-0.3, -0.25) is 4.79 Å². The van der Waals surface area contributed by atoms with Crippen LogP contribution < -0.4 is 5.32 Å². The van der Waals surface area contributed by atoms with Gasteiger partial charge >= 0.3 is 0 Å². The van der Waals surface area contributed by atoms with E-state index in [0.717, 1.165) is 26.1 Å². The number of carbonyl (C=O) groups is 1. The highest BCUT2D eigenvalue weighted by atomic mass is 16.2. The number of hydrogen-bond acceptors (Lipinski definition) is 2. The molecule has 86 valence electrons. The SMILES string of the molecule is CCCN(C(=O)C1CNCC1C)C1CC1. The Balaban J connectivity index is 1.96. The Morgan fingerprint density at radius 2 is 2.13 bits per heavy atom. The molecule has 0 radical (unpaired) electrons. The van der Waals surface area contributed by atoms with Crippen molar-refractivity contribution in [3.8, 4) is 0 Å². The van der Waals surface area contributed by atoms with Crippen LogP contribution in [0.5, 0.6) is 0 Å². The summed E-state index contributed by atoms with van der Waals surface area (Å²) >= 11 is 0. The molecule has 0 aromatic rings. The average Bonchev–Trinajstić information content (AvgIpc) is 2.97. The minimum Gasteiger partial charge on any atom is -0.339 e. The Kier molecular flexibility index (Phi) is 3.29. The fraction of sp³-hybridized carbons (Fsp3) is 0.917. The van der Waals surface area contributed by atoms with Crippen LogP contribution in [0.15, 0.2) is 0 Å². The minimum absolute atomic E-state index is 0.233. The molecule has 1 amide bonds. The number of rotatable bonds is 4. The number of hydrogen-bond donors (Lipinski definition) is 1. The molecule has 0 spiro atoms. The van der Waals surface area contributed by atoms with Crippen LogP contribution in [-0.2, 0) is 4.79 Å². The molecule has 3 nitrogen and oxygen atoms in total. The van der Waals surface area contributed by atoms with Crippen molar-refractivity contribution in [1.29, 1.82) is 0 Å². The summed E-state index contributed by atoms with van der Waals surface area (Å²) < 4.78 is 0. The van der Waals surface area contributed by atoms with Gasteiger partial charge in [0.15, 0.2) is 0 Å². The zero-order valence-corrected chi connectivity index (χ0v) is 9.83. The Morgan fingerprint density at radius 3 is 2.60 bits per heavy atom. The fourth-order valence-electron chi connectivity index (χ4n) is 2.45. The van der Waals surface area contributed by atoms with Crippen molar-refractivity contribution < 1.29 is 4.79 Å². The second-order valence-electron chi connectivity index (χ2n) is 5.00. The summed E-state index contributed by atoms with van der Waals surface area (Å²) in [5.74, 6) is 1.14. The van der Waals surface area contributed by atoms with Crippen LogP contribution in [0.25, 0.3) is 0 Å². The van der Waals surface area contributed by atoms with E-state index < -0.39 is 0 Å². The van der Waals surface area contributed by atoms with Crippen molar-refractivity contribution in [2.24, 2.45) is 11.8 Å². The first kappa shape index (κ1) is 10.9. The molecule has 0 aromatic carbocycles. The molecule has 0 aromatic heterocycles. The Bertz CT molecular complexity index is 238. The molecular weight excluding hydrogens is 188 g/mol. The Labute approximate surface area is 92.2 Å². The lowest BCUT2D eigenvalue weighted by molar-refractivity contribution is -0.136. The van der Waals surface area contributed by atoms with Gasteiger partial charge in [-0.15, -0.1) is 0 Å². The van der Waals surface area contributed by atoms with E-state index in [1.54, 1.807) is 0 Å². The summed E-state index contributed by atoms with van der Waals surface area (Å²) in [6.45, 7) is 7.17. The van der Waals surface area contributed by atoms with Gasteiger partial charge in [-0.05, 0) is 31.7 Å². The zero-order chi connectivity index (χ0) is 10.8. The van der Waals surface area contributed by atoms with Gasteiger partial charge in [0.05, 0.1) is 5.92 Å². The summed E-state index contributed by atoms with van der Waals surface area (Å²) in [6, 6.07) is 0.574. The Morgan fingerprint density at radius 1 is 1.40 bits per heavy atom. The van der Waals surface area contributed by atoms with Crippen LogP contribution in [0.2, 0.25) is 0 Å². The van der Waals surface area contributed by atoms with E-state index in [4.69, 9.17) is 0 Å². The van der Waals surface area contributed by atoms with Gasteiger partial charge in [-0.25, -0.2) is 0 Å². The molecule has 2 fully saturated rings. The van der Waals surface area contributed by atoms with Crippen LogP contribution in [0.1, 0.15) is 33.1 Å². The van der Waals surface area contributed by atoms with Gasteiger partial charge in [0.25, 0.3) is 0 Å². The normalized spacial score (nSPS) is 30.5. The van der Waals surface area contributed by atoms with E-state index in [1.165, 1.54) is 12.8 Å². The topological polar surface area (TPSA) is 32.3 Å². The van der Waals surface area contributed by atoms with Crippen LogP contribution in [0, 0.1) is 11.8 Å². The summed E-state index contributed by atoms with van der Waals surface area (Å²) in [6.07, 6.45) is 3.53. The molecule has 2 unspecified atom stereocenters. The summed E-state index contributed by atoms with van der Waals surface area (Å²) in [5.41, 5.74) is 0. The number of nitrogens with one attached hydrogen (secondary N) is 1. The predicted octanol–water partition coefficient (Wildman–Crippen LogP) is 1.24. The van der Waals surface area contributed by atoms with Crippen molar-refractivity contribution in [3.63, 3.8) is 0 Å². The molecule has 1 aliphatic carbocycles. The second-order valence-corrected chi connectivity index (χ2v) is 5.00. The molecule has 2 atom stereocenters. The van der Waals surface area contributed by atoms with E-state index >= 15 is 0 Å². The van der Waals surface area contributed by atoms with Gasteiger partial charge in [0, 0.05) is 19.1 Å². The third kappa shape index (κ3) is 2.33. The van der Waals surface area contributed by atoms with Gasteiger partial charge in [-0.2, -0.15) is 0 Å². The first-order valence-electron chi connectivity index (χ1n) is 6.25. The van der Waals surface area contributed by atoms with Crippen molar-refractivity contribution >= 4 is 5.91 Å². The standard InChI is InChI=1S/C12H22N2O/c1-3-6-14(10-4-5-10)12(15)11-8-13-7-9(11)2/h9-11,13H,3-8H2,1-2H3. The largest absolute Gasteiger partial charge is 0.339 e. The van der Waals surface area contributed by atoms with E-state index in [0.29, 0.717) is 17.9 Å². The van der Waals surface area contributed by atoms with E-state index in [2.05, 4.69) is 24.1 Å². The lowest BCUT2D eigenvalue weighted by atomic mass is 9.96. The summed E-state index contributed by atoms with van der Waals surface area (Å²) in [7, 11) is 0. The zero-order valence-electron chi connectivity index (χ0n) is 9.83. The first-order valence-corrected chi connectivity index (χ1v) is 6.25. The van der Waals surface area contributed by atoms with Crippen LogP contribution >= 0.6 is 0 Å². The quantitative estimate of drug-likeness (QED) is 0.757. The highest BCUT2D eigenvalue weighted by Crippen LogP contribution is 2.30. The van der Waals surface area contributed by atoms with Crippen molar-refractivity contribution in [1.82, 2.24) is 10.2 Å². The first-order chi connectivity index (χ1) is 7.24. The van der Waals surface area contributed by atoms with Crippen LogP contribution in [0.3, 0.4) is 0 Å². The van der Waals surface area contributed by atoms with Gasteiger partial charge in [0.2, 0.25) is 5.91 Å². The van der Waals surface area contributed by atoms with Gasteiger partial charge < -0.3 is 10.2 Å². The molecule has 2 aliphatic rings. The second kappa shape index (κ2) is 4.52. The van der Waals surface area contributed by atoms with Crippen LogP contribution in [0.4, 0.5) is 0 Å². The fourth-order valence-corrected chi connectivity index (χ4v) is 2.45. The minimum atomic E-state index is 0.233. The number of amides is 1. The lowest BCUT2D eigenvalue weighted by Crippen LogP contribution is -2.40. The molecular formula is C12H22N2O. The summed E-state index contributed by atoms with van der Waals surface area (Å²) in [5, 5.41) is 3.31. The Hall–Kier alpha value is -0.570. The molecule has 0 bridgehead atoms. The molecule has 15 heavy (non-hydrogen) atoms. The van der Waals surface area contributed by atoms with E-state index in [9.17, 15) is 4.79 Å². The highest BCUT2D eigenvalue weighted by molar-refractivity contribution is 5.80. The third-order valence-corrected chi connectivity index (χ3v) is 3.57. The molecule has 1 aliphatic heterocycles. The van der Waals surface area contributed by atoms with E-state index in [1.807, 2.05) is 0 Å². The van der Waals surface area contributed by atoms with Crippen molar-refractivity contribution in [2.75, 3.05) is 19.6 Å². The molecule has 2 rings (SSSR count). The van der Waals surface area contributed by atoms with Crippen LogP contribution in [-0.4, -0.2) is 36.5 Å². The van der Waals surface area contributed by atoms with Gasteiger partial charge in [-0.1, -0.05) is 13.8 Å². The molecule has 1 saturated heterocycles. The maximum Gasteiger partial charge on any atom is 0.227 e. The predicted molar refractivity (Wildman–Crippen MR) is 60.5 cm³/mol. The molecule has 1 heterocycles. The molecule has 3 heteroatoms.